The second-order valence-corrected chi connectivity index (χ2v) is 4.84. The molecule has 6 nitrogen and oxygen atoms in total. The van der Waals surface area contributed by atoms with Crippen molar-refractivity contribution in [2.24, 2.45) is 0 Å². The molecule has 2 rings (SSSR count). The first-order chi connectivity index (χ1) is 9.99. The molecule has 0 atom stereocenters. The zero-order valence-corrected chi connectivity index (χ0v) is 11.9. The number of phenols is 1. The molecule has 1 aromatic heterocycles. The number of rotatable bonds is 4. The second-order valence-electron chi connectivity index (χ2n) is 4.84. The summed E-state index contributed by atoms with van der Waals surface area (Å²) in [5, 5.41) is 12.7. The Hall–Kier alpha value is -2.63. The van der Waals surface area contributed by atoms with Crippen molar-refractivity contribution >= 4 is 5.91 Å². The van der Waals surface area contributed by atoms with Gasteiger partial charge in [0.15, 0.2) is 0 Å². The summed E-state index contributed by atoms with van der Waals surface area (Å²) < 4.78 is 0. The fourth-order valence-electron chi connectivity index (χ4n) is 1.91. The fourth-order valence-corrected chi connectivity index (χ4v) is 1.91. The quantitative estimate of drug-likeness (QED) is 0.783. The van der Waals surface area contributed by atoms with Crippen LogP contribution >= 0.6 is 0 Å². The van der Waals surface area contributed by atoms with E-state index in [-0.39, 0.29) is 17.2 Å². The lowest BCUT2D eigenvalue weighted by molar-refractivity contribution is 0.0951. The van der Waals surface area contributed by atoms with E-state index in [4.69, 9.17) is 0 Å². The third kappa shape index (κ3) is 3.47. The highest BCUT2D eigenvalue weighted by atomic mass is 16.3. The van der Waals surface area contributed by atoms with Gasteiger partial charge >= 0.3 is 5.69 Å². The third-order valence-electron chi connectivity index (χ3n) is 3.37. The monoisotopic (exact) mass is 287 g/mol. The maximum Gasteiger partial charge on any atom is 0.344 e. The molecule has 0 bridgehead atoms. The molecule has 1 heterocycles. The topological polar surface area (TPSA) is 95.1 Å². The highest BCUT2D eigenvalue weighted by molar-refractivity contribution is 5.97. The van der Waals surface area contributed by atoms with Gasteiger partial charge < -0.3 is 15.4 Å². The number of amides is 1. The predicted octanol–water partition coefficient (Wildman–Crippen LogP) is 1.06. The summed E-state index contributed by atoms with van der Waals surface area (Å²) in [6, 6.07) is 3.41. The van der Waals surface area contributed by atoms with Crippen LogP contribution in [0.1, 0.15) is 27.0 Å². The van der Waals surface area contributed by atoms with E-state index in [1.165, 1.54) is 6.20 Å². The Bertz CT molecular complexity index is 702. The summed E-state index contributed by atoms with van der Waals surface area (Å²) in [5.74, 6) is -0.314. The number of hydrogen-bond donors (Lipinski definition) is 3. The molecule has 110 valence electrons. The molecule has 1 amide bonds. The van der Waals surface area contributed by atoms with Crippen molar-refractivity contribution < 1.29 is 9.90 Å². The van der Waals surface area contributed by atoms with Crippen LogP contribution in [-0.4, -0.2) is 27.5 Å². The summed E-state index contributed by atoms with van der Waals surface area (Å²) in [6.07, 6.45) is 3.58. The van der Waals surface area contributed by atoms with Gasteiger partial charge in [0.25, 0.3) is 5.91 Å². The smallest absolute Gasteiger partial charge is 0.344 e. The number of carbonyl (C=O) groups excluding carboxylic acids is 1. The van der Waals surface area contributed by atoms with Crippen LogP contribution in [0, 0.1) is 13.8 Å². The Morgan fingerprint density at radius 2 is 2.14 bits per heavy atom. The van der Waals surface area contributed by atoms with Crippen molar-refractivity contribution in [1.82, 2.24) is 15.3 Å². The molecule has 0 aliphatic rings. The van der Waals surface area contributed by atoms with Gasteiger partial charge in [-0.05, 0) is 43.0 Å². The number of phenolic OH excluding ortho intramolecular Hbond substituents is 1. The van der Waals surface area contributed by atoms with Crippen LogP contribution in [0.3, 0.4) is 0 Å². The lowest BCUT2D eigenvalue weighted by Gasteiger charge is -2.10. The Morgan fingerprint density at radius 1 is 1.38 bits per heavy atom. The van der Waals surface area contributed by atoms with Crippen LogP contribution < -0.4 is 11.0 Å². The Labute approximate surface area is 121 Å². The average molecular weight is 287 g/mol. The number of carbonyl (C=O) groups is 1. The standard InChI is InChI=1S/C15H17N3O3/c1-9-3-4-12(13(19)10(9)2)14(20)16-6-5-11-7-17-15(21)18-8-11/h3-4,7-8,19H,5-6H2,1-2H3,(H,16,20)(H,17,18,21). The molecule has 1 aromatic carbocycles. The van der Waals surface area contributed by atoms with Crippen molar-refractivity contribution in [3.05, 3.63) is 57.3 Å². The van der Waals surface area contributed by atoms with E-state index < -0.39 is 5.69 Å². The van der Waals surface area contributed by atoms with Crippen LogP contribution in [0.4, 0.5) is 0 Å². The SMILES string of the molecule is Cc1ccc(C(=O)NCCc2cnc(=O)[nH]c2)c(O)c1C. The van der Waals surface area contributed by atoms with Gasteiger partial charge in [-0.3, -0.25) is 4.79 Å². The molecule has 0 radical (unpaired) electrons. The number of aromatic hydroxyl groups is 1. The van der Waals surface area contributed by atoms with Crippen LogP contribution in [-0.2, 0) is 6.42 Å². The van der Waals surface area contributed by atoms with Gasteiger partial charge in [-0.2, -0.15) is 0 Å². The molecule has 0 spiro atoms. The minimum Gasteiger partial charge on any atom is -0.507 e. The summed E-state index contributed by atoms with van der Waals surface area (Å²) in [5.41, 5.74) is 2.32. The maximum absolute atomic E-state index is 12.0. The number of nitrogens with zero attached hydrogens (tertiary/aromatic N) is 1. The van der Waals surface area contributed by atoms with E-state index in [2.05, 4.69) is 15.3 Å². The summed E-state index contributed by atoms with van der Waals surface area (Å²) in [7, 11) is 0. The van der Waals surface area contributed by atoms with Gasteiger partial charge in [0.2, 0.25) is 0 Å². The molecular formula is C15H17N3O3. The Morgan fingerprint density at radius 3 is 2.81 bits per heavy atom. The number of H-pyrrole nitrogens is 1. The number of benzene rings is 1. The summed E-state index contributed by atoms with van der Waals surface area (Å²) >= 11 is 0. The first-order valence-electron chi connectivity index (χ1n) is 6.60. The van der Waals surface area contributed by atoms with E-state index in [0.29, 0.717) is 18.5 Å². The fraction of sp³-hybridized carbons (Fsp3) is 0.267. The Balaban J connectivity index is 1.98. The third-order valence-corrected chi connectivity index (χ3v) is 3.37. The number of aryl methyl sites for hydroxylation is 1. The first-order valence-corrected chi connectivity index (χ1v) is 6.60. The zero-order valence-electron chi connectivity index (χ0n) is 11.9. The van der Waals surface area contributed by atoms with Crippen molar-refractivity contribution in [2.45, 2.75) is 20.3 Å². The van der Waals surface area contributed by atoms with Crippen molar-refractivity contribution in [3.8, 4) is 5.75 Å². The highest BCUT2D eigenvalue weighted by Crippen LogP contribution is 2.24. The number of aromatic amines is 1. The minimum atomic E-state index is -0.400. The first kappa shape index (κ1) is 14.8. The van der Waals surface area contributed by atoms with E-state index in [9.17, 15) is 14.7 Å². The summed E-state index contributed by atoms with van der Waals surface area (Å²) in [4.78, 5) is 28.9. The number of nitrogens with one attached hydrogen (secondary N) is 2. The largest absolute Gasteiger partial charge is 0.507 e. The van der Waals surface area contributed by atoms with Crippen LogP contribution in [0.15, 0.2) is 29.3 Å². The minimum absolute atomic E-state index is 0.0122. The highest BCUT2D eigenvalue weighted by Gasteiger charge is 2.13. The molecule has 3 N–H and O–H groups in total. The molecule has 0 unspecified atom stereocenters. The molecule has 0 saturated carbocycles. The van der Waals surface area contributed by atoms with Crippen LogP contribution in [0.2, 0.25) is 0 Å². The molecule has 0 aliphatic heterocycles. The molecule has 0 aliphatic carbocycles. The number of hydrogen-bond acceptors (Lipinski definition) is 4. The van der Waals surface area contributed by atoms with Crippen molar-refractivity contribution in [1.29, 1.82) is 0 Å². The normalized spacial score (nSPS) is 10.4. The van der Waals surface area contributed by atoms with Gasteiger partial charge in [0, 0.05) is 18.9 Å². The maximum atomic E-state index is 12.0. The van der Waals surface area contributed by atoms with E-state index in [1.54, 1.807) is 25.3 Å². The predicted molar refractivity (Wildman–Crippen MR) is 78.5 cm³/mol. The molecule has 0 saturated heterocycles. The van der Waals surface area contributed by atoms with Crippen LogP contribution in [0.25, 0.3) is 0 Å². The van der Waals surface area contributed by atoms with E-state index in [0.717, 1.165) is 11.1 Å². The second kappa shape index (κ2) is 6.21. The lowest BCUT2D eigenvalue weighted by Crippen LogP contribution is -2.26. The van der Waals surface area contributed by atoms with Gasteiger partial charge in [-0.25, -0.2) is 9.78 Å². The van der Waals surface area contributed by atoms with Gasteiger partial charge in [0.1, 0.15) is 5.75 Å². The lowest BCUT2D eigenvalue weighted by atomic mass is 10.0. The Kier molecular flexibility index (Phi) is 4.37. The molecule has 2 aromatic rings. The molecule has 0 fully saturated rings. The average Bonchev–Trinajstić information content (AvgIpc) is 2.47. The van der Waals surface area contributed by atoms with Crippen molar-refractivity contribution in [3.63, 3.8) is 0 Å². The van der Waals surface area contributed by atoms with E-state index in [1.807, 2.05) is 6.92 Å². The van der Waals surface area contributed by atoms with Gasteiger partial charge in [0.05, 0.1) is 5.56 Å². The summed E-state index contributed by atoms with van der Waals surface area (Å²) in [6.45, 7) is 4.03. The van der Waals surface area contributed by atoms with Crippen molar-refractivity contribution in [2.75, 3.05) is 6.54 Å². The molecular weight excluding hydrogens is 270 g/mol. The van der Waals surface area contributed by atoms with Crippen LogP contribution in [0.5, 0.6) is 5.75 Å². The molecule has 21 heavy (non-hydrogen) atoms. The van der Waals surface area contributed by atoms with Gasteiger partial charge in [-0.1, -0.05) is 6.07 Å². The number of aromatic nitrogens is 2. The van der Waals surface area contributed by atoms with E-state index >= 15 is 0 Å². The molecule has 6 heteroatoms. The van der Waals surface area contributed by atoms with Gasteiger partial charge in [-0.15, -0.1) is 0 Å². The zero-order chi connectivity index (χ0) is 15.4.